The Balaban J connectivity index is 2.28. The summed E-state index contributed by atoms with van der Waals surface area (Å²) in [4.78, 5) is 11.4. The van der Waals surface area contributed by atoms with E-state index >= 15 is 0 Å². The predicted molar refractivity (Wildman–Crippen MR) is 65.8 cm³/mol. The average Bonchev–Trinajstić information content (AvgIpc) is 2.52. The number of fused-ring (bicyclic) bond motifs is 1. The van der Waals surface area contributed by atoms with Gasteiger partial charge in [-0.05, 0) is 25.8 Å². The van der Waals surface area contributed by atoms with Crippen molar-refractivity contribution < 1.29 is 9.53 Å². The Kier molecular flexibility index (Phi) is 3.64. The summed E-state index contributed by atoms with van der Waals surface area (Å²) >= 11 is 0. The van der Waals surface area contributed by atoms with Crippen LogP contribution in [0.15, 0.2) is 18.2 Å². The lowest BCUT2D eigenvalue weighted by Gasteiger charge is -2.18. The molecule has 0 bridgehead atoms. The molecule has 0 aliphatic carbocycles. The third kappa shape index (κ3) is 2.77. The zero-order chi connectivity index (χ0) is 12.3. The van der Waals surface area contributed by atoms with Crippen LogP contribution in [0.25, 0.3) is 0 Å². The Morgan fingerprint density at radius 3 is 3.18 bits per heavy atom. The first kappa shape index (κ1) is 11.9. The van der Waals surface area contributed by atoms with E-state index in [1.54, 1.807) is 0 Å². The molecule has 1 atom stereocenters. The standard InChI is InChI=1S/C13H18N2O2/c1-9-4-5-12-10(7-9)11(3-2-6-17-12)15-13(16)8-14/h4-5,7,11H,2-3,6,8,14H2,1H3,(H,15,16). The minimum Gasteiger partial charge on any atom is -0.493 e. The second-order valence-electron chi connectivity index (χ2n) is 4.36. The highest BCUT2D eigenvalue weighted by atomic mass is 16.5. The summed E-state index contributed by atoms with van der Waals surface area (Å²) in [6, 6.07) is 6.08. The van der Waals surface area contributed by atoms with Crippen LogP contribution in [0.1, 0.15) is 30.0 Å². The molecule has 1 amide bonds. The lowest BCUT2D eigenvalue weighted by atomic mass is 10.00. The van der Waals surface area contributed by atoms with Crippen LogP contribution < -0.4 is 15.8 Å². The number of nitrogens with two attached hydrogens (primary N) is 1. The number of ether oxygens (including phenoxy) is 1. The maximum atomic E-state index is 11.4. The summed E-state index contributed by atoms with van der Waals surface area (Å²) in [6.07, 6.45) is 1.82. The van der Waals surface area contributed by atoms with Crippen LogP contribution in [0.5, 0.6) is 5.75 Å². The van der Waals surface area contributed by atoms with E-state index in [0.29, 0.717) is 6.61 Å². The van der Waals surface area contributed by atoms with Crippen molar-refractivity contribution in [3.8, 4) is 5.75 Å². The fourth-order valence-corrected chi connectivity index (χ4v) is 2.10. The van der Waals surface area contributed by atoms with Crippen LogP contribution in [-0.4, -0.2) is 19.1 Å². The van der Waals surface area contributed by atoms with E-state index in [1.807, 2.05) is 19.1 Å². The van der Waals surface area contributed by atoms with Crippen molar-refractivity contribution in [1.82, 2.24) is 5.32 Å². The maximum absolute atomic E-state index is 11.4. The number of benzene rings is 1. The molecule has 0 radical (unpaired) electrons. The third-order valence-corrected chi connectivity index (χ3v) is 2.96. The molecule has 0 fully saturated rings. The van der Waals surface area contributed by atoms with Gasteiger partial charge in [0.1, 0.15) is 5.75 Å². The highest BCUT2D eigenvalue weighted by molar-refractivity contribution is 5.78. The van der Waals surface area contributed by atoms with Crippen molar-refractivity contribution in [3.05, 3.63) is 29.3 Å². The number of aryl methyl sites for hydroxylation is 1. The van der Waals surface area contributed by atoms with Gasteiger partial charge in [0.05, 0.1) is 19.2 Å². The van der Waals surface area contributed by atoms with Crippen LogP contribution in [0, 0.1) is 6.92 Å². The van der Waals surface area contributed by atoms with Gasteiger partial charge in [0.15, 0.2) is 0 Å². The minimum absolute atomic E-state index is 0.0171. The number of carbonyl (C=O) groups excluding carboxylic acids is 1. The highest BCUT2D eigenvalue weighted by Gasteiger charge is 2.20. The Morgan fingerprint density at radius 2 is 2.41 bits per heavy atom. The molecule has 4 nitrogen and oxygen atoms in total. The summed E-state index contributed by atoms with van der Waals surface area (Å²) in [5, 5.41) is 2.95. The number of rotatable bonds is 2. The molecule has 0 aromatic heterocycles. The molecule has 1 heterocycles. The van der Waals surface area contributed by atoms with Crippen molar-refractivity contribution in [1.29, 1.82) is 0 Å². The molecule has 1 unspecified atom stereocenters. The smallest absolute Gasteiger partial charge is 0.234 e. The molecular formula is C13H18N2O2. The van der Waals surface area contributed by atoms with Crippen LogP contribution in [0.3, 0.4) is 0 Å². The molecule has 3 N–H and O–H groups in total. The SMILES string of the molecule is Cc1ccc2c(c1)C(NC(=O)CN)CCCO2. The monoisotopic (exact) mass is 234 g/mol. The van der Waals surface area contributed by atoms with Gasteiger partial charge in [-0.15, -0.1) is 0 Å². The van der Waals surface area contributed by atoms with Gasteiger partial charge in [0.25, 0.3) is 0 Å². The van der Waals surface area contributed by atoms with Gasteiger partial charge in [-0.25, -0.2) is 0 Å². The zero-order valence-electron chi connectivity index (χ0n) is 10.0. The van der Waals surface area contributed by atoms with Gasteiger partial charge in [-0.1, -0.05) is 17.7 Å². The summed E-state index contributed by atoms with van der Waals surface area (Å²) in [5.74, 6) is 0.750. The van der Waals surface area contributed by atoms with Crippen molar-refractivity contribution in [3.63, 3.8) is 0 Å². The van der Waals surface area contributed by atoms with Crippen LogP contribution in [0.4, 0.5) is 0 Å². The number of carbonyl (C=O) groups is 1. The average molecular weight is 234 g/mol. The van der Waals surface area contributed by atoms with E-state index in [-0.39, 0.29) is 18.5 Å². The summed E-state index contributed by atoms with van der Waals surface area (Å²) in [5.41, 5.74) is 7.56. The number of hydrogen-bond acceptors (Lipinski definition) is 3. The van der Waals surface area contributed by atoms with Crippen molar-refractivity contribution >= 4 is 5.91 Å². The summed E-state index contributed by atoms with van der Waals surface area (Å²) < 4.78 is 5.67. The first-order valence-electron chi connectivity index (χ1n) is 5.93. The normalized spacial score (nSPS) is 18.8. The summed E-state index contributed by atoms with van der Waals surface area (Å²) in [6.45, 7) is 2.76. The topological polar surface area (TPSA) is 64.4 Å². The zero-order valence-corrected chi connectivity index (χ0v) is 10.0. The minimum atomic E-state index is -0.121. The largest absolute Gasteiger partial charge is 0.493 e. The Morgan fingerprint density at radius 1 is 1.59 bits per heavy atom. The number of nitrogens with one attached hydrogen (secondary N) is 1. The Labute approximate surface area is 101 Å². The molecular weight excluding hydrogens is 216 g/mol. The molecule has 4 heteroatoms. The lowest BCUT2D eigenvalue weighted by Crippen LogP contribution is -2.33. The number of hydrogen-bond donors (Lipinski definition) is 2. The molecule has 1 aliphatic heterocycles. The molecule has 2 rings (SSSR count). The van der Waals surface area contributed by atoms with Crippen molar-refractivity contribution in [2.75, 3.05) is 13.2 Å². The van der Waals surface area contributed by atoms with E-state index in [4.69, 9.17) is 10.5 Å². The lowest BCUT2D eigenvalue weighted by molar-refractivity contribution is -0.120. The predicted octanol–water partition coefficient (Wildman–Crippen LogP) is 1.28. The molecule has 92 valence electrons. The van der Waals surface area contributed by atoms with E-state index < -0.39 is 0 Å². The van der Waals surface area contributed by atoms with Crippen molar-refractivity contribution in [2.45, 2.75) is 25.8 Å². The second-order valence-corrected chi connectivity index (χ2v) is 4.36. The maximum Gasteiger partial charge on any atom is 0.234 e. The van der Waals surface area contributed by atoms with Crippen molar-refractivity contribution in [2.24, 2.45) is 5.73 Å². The quantitative estimate of drug-likeness (QED) is 0.810. The van der Waals surface area contributed by atoms with Gasteiger partial charge >= 0.3 is 0 Å². The molecule has 1 aromatic carbocycles. The molecule has 1 aromatic rings. The van der Waals surface area contributed by atoms with Gasteiger partial charge in [0, 0.05) is 5.56 Å². The van der Waals surface area contributed by atoms with Gasteiger partial charge in [0.2, 0.25) is 5.91 Å². The molecule has 0 spiro atoms. The van der Waals surface area contributed by atoms with Gasteiger partial charge in [-0.3, -0.25) is 4.79 Å². The van der Waals surface area contributed by atoms with Crippen LogP contribution in [0.2, 0.25) is 0 Å². The molecule has 0 saturated carbocycles. The second kappa shape index (κ2) is 5.19. The van der Waals surface area contributed by atoms with Crippen LogP contribution in [-0.2, 0) is 4.79 Å². The van der Waals surface area contributed by atoms with E-state index in [2.05, 4.69) is 11.4 Å². The molecule has 1 aliphatic rings. The fraction of sp³-hybridized carbons (Fsp3) is 0.462. The first-order chi connectivity index (χ1) is 8.20. The first-order valence-corrected chi connectivity index (χ1v) is 5.93. The summed E-state index contributed by atoms with van der Waals surface area (Å²) in [7, 11) is 0. The van der Waals surface area contributed by atoms with E-state index in [0.717, 1.165) is 24.2 Å². The van der Waals surface area contributed by atoms with E-state index in [9.17, 15) is 4.79 Å². The number of amides is 1. The highest BCUT2D eigenvalue weighted by Crippen LogP contribution is 2.32. The van der Waals surface area contributed by atoms with E-state index in [1.165, 1.54) is 5.56 Å². The Hall–Kier alpha value is -1.55. The van der Waals surface area contributed by atoms with Crippen LogP contribution >= 0.6 is 0 Å². The van der Waals surface area contributed by atoms with Gasteiger partial charge < -0.3 is 15.8 Å². The Bertz CT molecular complexity index is 418. The third-order valence-electron chi connectivity index (χ3n) is 2.96. The fourth-order valence-electron chi connectivity index (χ4n) is 2.10. The molecule has 0 saturated heterocycles. The molecule has 17 heavy (non-hydrogen) atoms. The van der Waals surface area contributed by atoms with Gasteiger partial charge in [-0.2, -0.15) is 0 Å².